The molecule has 0 aliphatic rings. The first kappa shape index (κ1) is 21.7. The highest BCUT2D eigenvalue weighted by Crippen LogP contribution is 2.30. The maximum absolute atomic E-state index is 13.5. The van der Waals surface area contributed by atoms with Crippen molar-refractivity contribution in [2.45, 2.75) is 13.5 Å². The van der Waals surface area contributed by atoms with E-state index >= 15 is 0 Å². The largest absolute Gasteiger partial charge is 0.497 e. The van der Waals surface area contributed by atoms with Crippen LogP contribution in [0, 0.1) is 0 Å². The zero-order valence-corrected chi connectivity index (χ0v) is 19.3. The Labute approximate surface area is 195 Å². The lowest BCUT2D eigenvalue weighted by atomic mass is 10.1. The van der Waals surface area contributed by atoms with Crippen molar-refractivity contribution >= 4 is 16.9 Å². The molecule has 0 bridgehead atoms. The maximum Gasteiger partial charge on any atom is 0.332 e. The van der Waals surface area contributed by atoms with Gasteiger partial charge in [0.15, 0.2) is 11.2 Å². The molecule has 0 fully saturated rings. The van der Waals surface area contributed by atoms with Crippen LogP contribution in [0.1, 0.15) is 6.92 Å². The fourth-order valence-electron chi connectivity index (χ4n) is 4.21. The van der Waals surface area contributed by atoms with Gasteiger partial charge in [0.25, 0.3) is 5.56 Å². The minimum Gasteiger partial charge on any atom is -0.497 e. The van der Waals surface area contributed by atoms with Gasteiger partial charge >= 0.3 is 5.69 Å². The second-order valence-corrected chi connectivity index (χ2v) is 7.87. The molecule has 2 aromatic carbocycles. The zero-order chi connectivity index (χ0) is 23.8. The molecule has 5 rings (SSSR count). The molecule has 34 heavy (non-hydrogen) atoms. The molecule has 174 valence electrons. The van der Waals surface area contributed by atoms with Crippen LogP contribution in [-0.4, -0.2) is 43.4 Å². The molecule has 5 aromatic rings. The predicted molar refractivity (Wildman–Crippen MR) is 130 cm³/mol. The lowest BCUT2D eigenvalue weighted by Crippen LogP contribution is -2.40. The van der Waals surface area contributed by atoms with Crippen molar-refractivity contribution < 1.29 is 9.47 Å². The quantitative estimate of drug-likeness (QED) is 0.350. The molecule has 3 heterocycles. The first-order valence-electron chi connectivity index (χ1n) is 11.1. The third-order valence-electron chi connectivity index (χ3n) is 5.89. The number of hydrogen-bond acceptors (Lipinski definition) is 5. The standard InChI is InChI=1S/C25H25N5O4/c1-4-34-14-13-28-23(31)21-22(27(2)25(28)32)26-24-29(21)16-20(17-9-6-5-7-10-17)30(24)18-11-8-12-19(15-18)33-3/h5-12,15-16H,4,13-14H2,1-3H3. The molecule has 0 spiro atoms. The molecule has 0 atom stereocenters. The van der Waals surface area contributed by atoms with Crippen molar-refractivity contribution in [1.82, 2.24) is 23.1 Å². The molecule has 0 saturated carbocycles. The van der Waals surface area contributed by atoms with Crippen LogP contribution in [0.5, 0.6) is 5.75 Å². The number of rotatable bonds is 7. The van der Waals surface area contributed by atoms with E-state index in [1.54, 1.807) is 18.6 Å². The van der Waals surface area contributed by atoms with E-state index in [1.807, 2.05) is 72.3 Å². The van der Waals surface area contributed by atoms with Crippen LogP contribution in [0.2, 0.25) is 0 Å². The van der Waals surface area contributed by atoms with Crippen LogP contribution in [0.25, 0.3) is 33.9 Å². The first-order chi connectivity index (χ1) is 16.5. The summed E-state index contributed by atoms with van der Waals surface area (Å²) >= 11 is 0. The summed E-state index contributed by atoms with van der Waals surface area (Å²) in [5.74, 6) is 1.22. The number of methoxy groups -OCH3 is 1. The molecule has 0 aliphatic carbocycles. The summed E-state index contributed by atoms with van der Waals surface area (Å²) in [5.41, 5.74) is 2.49. The second kappa shape index (κ2) is 8.68. The Bertz CT molecular complexity index is 1610. The van der Waals surface area contributed by atoms with E-state index < -0.39 is 11.2 Å². The molecule has 0 saturated heterocycles. The van der Waals surface area contributed by atoms with Gasteiger partial charge in [-0.1, -0.05) is 36.4 Å². The summed E-state index contributed by atoms with van der Waals surface area (Å²) in [4.78, 5) is 31.1. The predicted octanol–water partition coefficient (Wildman–Crippen LogP) is 2.85. The molecule has 3 aromatic heterocycles. The Morgan fingerprint density at radius 1 is 1.03 bits per heavy atom. The summed E-state index contributed by atoms with van der Waals surface area (Å²) in [6.45, 7) is 2.83. The van der Waals surface area contributed by atoms with E-state index in [4.69, 9.17) is 14.5 Å². The second-order valence-electron chi connectivity index (χ2n) is 7.87. The van der Waals surface area contributed by atoms with Gasteiger partial charge in [-0.2, -0.15) is 4.98 Å². The summed E-state index contributed by atoms with van der Waals surface area (Å²) in [7, 11) is 3.24. The topological polar surface area (TPSA) is 84.7 Å². The van der Waals surface area contributed by atoms with E-state index in [0.717, 1.165) is 16.9 Å². The SMILES string of the molecule is CCOCCn1c(=O)c2c(nc3n(-c4cccc(OC)c4)c(-c4ccccc4)cn23)n(C)c1=O. The van der Waals surface area contributed by atoms with Crippen LogP contribution in [-0.2, 0) is 18.3 Å². The van der Waals surface area contributed by atoms with Crippen LogP contribution < -0.4 is 16.0 Å². The van der Waals surface area contributed by atoms with E-state index in [-0.39, 0.29) is 13.2 Å². The van der Waals surface area contributed by atoms with E-state index in [9.17, 15) is 9.59 Å². The average molecular weight is 460 g/mol. The molecule has 9 nitrogen and oxygen atoms in total. The minimum atomic E-state index is -0.422. The summed E-state index contributed by atoms with van der Waals surface area (Å²) < 4.78 is 17.2. The van der Waals surface area contributed by atoms with Gasteiger partial charge in [0.05, 0.1) is 31.6 Å². The van der Waals surface area contributed by atoms with Crippen LogP contribution in [0.3, 0.4) is 0 Å². The van der Waals surface area contributed by atoms with Gasteiger partial charge in [0, 0.05) is 31.5 Å². The number of fused-ring (bicyclic) bond motifs is 3. The van der Waals surface area contributed by atoms with E-state index in [1.165, 1.54) is 9.13 Å². The molecule has 9 heteroatoms. The zero-order valence-electron chi connectivity index (χ0n) is 19.3. The van der Waals surface area contributed by atoms with E-state index in [0.29, 0.717) is 29.3 Å². The van der Waals surface area contributed by atoms with Crippen molar-refractivity contribution in [1.29, 1.82) is 0 Å². The lowest BCUT2D eigenvalue weighted by molar-refractivity contribution is 0.137. The third kappa shape index (κ3) is 3.41. The highest BCUT2D eigenvalue weighted by Gasteiger charge is 2.22. The fourth-order valence-corrected chi connectivity index (χ4v) is 4.21. The normalized spacial score (nSPS) is 11.5. The highest BCUT2D eigenvalue weighted by atomic mass is 16.5. The molecular formula is C25H25N5O4. The number of hydrogen-bond donors (Lipinski definition) is 0. The average Bonchev–Trinajstić information content (AvgIpc) is 3.42. The molecule has 0 amide bonds. The minimum absolute atomic E-state index is 0.171. The van der Waals surface area contributed by atoms with Gasteiger partial charge in [-0.05, 0) is 19.1 Å². The van der Waals surface area contributed by atoms with Crippen molar-refractivity contribution in [3.63, 3.8) is 0 Å². The Morgan fingerprint density at radius 3 is 2.56 bits per heavy atom. The van der Waals surface area contributed by atoms with E-state index in [2.05, 4.69) is 0 Å². The van der Waals surface area contributed by atoms with Crippen LogP contribution in [0.15, 0.2) is 70.4 Å². The number of ether oxygens (including phenoxy) is 2. The van der Waals surface area contributed by atoms with Gasteiger partial charge in [0.1, 0.15) is 5.75 Å². The van der Waals surface area contributed by atoms with Crippen molar-refractivity contribution in [2.24, 2.45) is 7.05 Å². The van der Waals surface area contributed by atoms with Gasteiger partial charge in [-0.15, -0.1) is 0 Å². The maximum atomic E-state index is 13.5. The highest BCUT2D eigenvalue weighted by molar-refractivity contribution is 5.79. The number of aromatic nitrogens is 5. The monoisotopic (exact) mass is 459 g/mol. The van der Waals surface area contributed by atoms with Crippen molar-refractivity contribution in [3.05, 3.63) is 81.6 Å². The Kier molecular flexibility index (Phi) is 5.54. The Hall–Kier alpha value is -4.11. The summed E-state index contributed by atoms with van der Waals surface area (Å²) in [6, 6.07) is 17.5. The number of benzene rings is 2. The number of imidazole rings is 2. The van der Waals surface area contributed by atoms with Crippen LogP contribution >= 0.6 is 0 Å². The number of aryl methyl sites for hydroxylation is 1. The summed E-state index contributed by atoms with van der Waals surface area (Å²) in [6.07, 6.45) is 1.89. The molecular weight excluding hydrogens is 434 g/mol. The van der Waals surface area contributed by atoms with Gasteiger partial charge in [-0.25, -0.2) is 4.79 Å². The van der Waals surface area contributed by atoms with Gasteiger partial charge in [0.2, 0.25) is 5.78 Å². The smallest absolute Gasteiger partial charge is 0.332 e. The molecule has 0 aliphatic heterocycles. The van der Waals surface area contributed by atoms with Crippen molar-refractivity contribution in [2.75, 3.05) is 20.3 Å². The van der Waals surface area contributed by atoms with Crippen molar-refractivity contribution in [3.8, 4) is 22.7 Å². The molecule has 0 unspecified atom stereocenters. The third-order valence-corrected chi connectivity index (χ3v) is 5.89. The van der Waals surface area contributed by atoms with Crippen LogP contribution in [0.4, 0.5) is 0 Å². The first-order valence-corrected chi connectivity index (χ1v) is 11.1. The molecule has 0 radical (unpaired) electrons. The Morgan fingerprint density at radius 2 is 1.82 bits per heavy atom. The lowest BCUT2D eigenvalue weighted by Gasteiger charge is -2.10. The van der Waals surface area contributed by atoms with Gasteiger partial charge in [-0.3, -0.25) is 22.9 Å². The fraction of sp³-hybridized carbons (Fsp3) is 0.240. The Balaban J connectivity index is 1.85. The van der Waals surface area contributed by atoms with Gasteiger partial charge < -0.3 is 9.47 Å². The number of nitrogens with zero attached hydrogens (tertiary/aromatic N) is 5. The molecule has 0 N–H and O–H groups in total. The summed E-state index contributed by atoms with van der Waals surface area (Å²) in [5, 5.41) is 0.